The number of nitrogens with one attached hydrogen (secondary N) is 1. The number of guanidine groups is 1. The summed E-state index contributed by atoms with van der Waals surface area (Å²) >= 11 is 1.81. The fraction of sp³-hybridized carbons (Fsp3) is 0.700. The second-order valence-electron chi connectivity index (χ2n) is 7.20. The van der Waals surface area contributed by atoms with Crippen molar-refractivity contribution < 1.29 is 4.79 Å². The van der Waals surface area contributed by atoms with Gasteiger partial charge in [-0.15, -0.1) is 35.3 Å². The first-order chi connectivity index (χ1) is 13.2. The van der Waals surface area contributed by atoms with Crippen LogP contribution < -0.4 is 10.2 Å². The summed E-state index contributed by atoms with van der Waals surface area (Å²) < 4.78 is 0. The van der Waals surface area contributed by atoms with Gasteiger partial charge in [0.25, 0.3) is 0 Å². The van der Waals surface area contributed by atoms with Crippen LogP contribution in [0, 0.1) is 0 Å². The minimum Gasteiger partial charge on any atom is -0.360 e. The fourth-order valence-corrected chi connectivity index (χ4v) is 4.75. The number of nitrogens with zero attached hydrogens (tertiary/aromatic N) is 4. The Bertz CT molecular complexity index is 616. The first kappa shape index (κ1) is 23.3. The number of likely N-dealkylation sites (tertiary alicyclic amines) is 1. The zero-order valence-electron chi connectivity index (χ0n) is 17.1. The summed E-state index contributed by atoms with van der Waals surface area (Å²) in [6.45, 7) is 10.9. The number of halogens is 1. The van der Waals surface area contributed by atoms with Crippen molar-refractivity contribution in [1.29, 1.82) is 0 Å². The maximum atomic E-state index is 12.0. The first-order valence-electron chi connectivity index (χ1n) is 10.3. The molecule has 3 rings (SSSR count). The molecule has 1 amide bonds. The molecule has 2 aliphatic rings. The van der Waals surface area contributed by atoms with Crippen molar-refractivity contribution >= 4 is 52.2 Å². The summed E-state index contributed by atoms with van der Waals surface area (Å²) in [6.07, 6.45) is 3.69. The van der Waals surface area contributed by atoms with E-state index in [1.54, 1.807) is 0 Å². The van der Waals surface area contributed by atoms with E-state index in [1.807, 2.05) is 11.3 Å². The van der Waals surface area contributed by atoms with Gasteiger partial charge in [-0.25, -0.2) is 0 Å². The van der Waals surface area contributed by atoms with Gasteiger partial charge in [-0.3, -0.25) is 9.79 Å². The van der Waals surface area contributed by atoms with E-state index in [4.69, 9.17) is 4.99 Å². The van der Waals surface area contributed by atoms with Gasteiger partial charge in [-0.05, 0) is 43.7 Å². The van der Waals surface area contributed by atoms with Crippen LogP contribution in [-0.2, 0) is 4.79 Å². The van der Waals surface area contributed by atoms with Gasteiger partial charge in [0.15, 0.2) is 5.96 Å². The van der Waals surface area contributed by atoms with Crippen molar-refractivity contribution in [3.63, 3.8) is 0 Å². The summed E-state index contributed by atoms with van der Waals surface area (Å²) in [4.78, 5) is 23.8. The molecule has 2 aliphatic heterocycles. The van der Waals surface area contributed by atoms with Crippen LogP contribution >= 0.6 is 35.3 Å². The number of hydrogen-bond donors (Lipinski definition) is 1. The summed E-state index contributed by atoms with van der Waals surface area (Å²) in [5.41, 5.74) is 0. The molecule has 0 bridgehead atoms. The Hall–Kier alpha value is -1.03. The Balaban J connectivity index is 0.00000280. The van der Waals surface area contributed by atoms with E-state index in [0.29, 0.717) is 11.9 Å². The Morgan fingerprint density at radius 3 is 2.61 bits per heavy atom. The summed E-state index contributed by atoms with van der Waals surface area (Å²) in [7, 11) is 0. The van der Waals surface area contributed by atoms with E-state index in [-0.39, 0.29) is 24.0 Å². The lowest BCUT2D eigenvalue weighted by molar-refractivity contribution is -0.129. The topological polar surface area (TPSA) is 51.2 Å². The Morgan fingerprint density at radius 2 is 2.04 bits per heavy atom. The predicted molar refractivity (Wildman–Crippen MR) is 129 cm³/mol. The standard InChI is InChI=1S/C20H33N5OS.HI/c1-3-17(25-11-5-7-18(25)26)9-10-22-20(21-4-2)24-14-12-23(13-15-24)19-8-6-16-27-19;/h6,8,16-17H,3-5,7,9-15H2,1-2H3,(H,21,22);1H. The molecule has 158 valence electrons. The van der Waals surface area contributed by atoms with Crippen LogP contribution in [0.2, 0.25) is 0 Å². The largest absolute Gasteiger partial charge is 0.360 e. The maximum absolute atomic E-state index is 12.0. The van der Waals surface area contributed by atoms with E-state index in [2.05, 4.69) is 51.4 Å². The molecule has 1 aromatic heterocycles. The SMILES string of the molecule is CCNC(=NCCC(CC)N1CCCC1=O)N1CCN(c2cccs2)CC1.I. The Morgan fingerprint density at radius 1 is 1.25 bits per heavy atom. The maximum Gasteiger partial charge on any atom is 0.222 e. The van der Waals surface area contributed by atoms with Crippen LogP contribution in [-0.4, -0.2) is 73.5 Å². The number of anilines is 1. The molecule has 1 unspecified atom stereocenters. The van der Waals surface area contributed by atoms with E-state index in [0.717, 1.165) is 77.5 Å². The van der Waals surface area contributed by atoms with Gasteiger partial charge < -0.3 is 20.0 Å². The lowest BCUT2D eigenvalue weighted by Crippen LogP contribution is -2.52. The van der Waals surface area contributed by atoms with Crippen molar-refractivity contribution in [3.05, 3.63) is 17.5 Å². The summed E-state index contributed by atoms with van der Waals surface area (Å²) in [5.74, 6) is 1.34. The van der Waals surface area contributed by atoms with Gasteiger partial charge in [0.05, 0.1) is 5.00 Å². The van der Waals surface area contributed by atoms with E-state index >= 15 is 0 Å². The van der Waals surface area contributed by atoms with E-state index < -0.39 is 0 Å². The van der Waals surface area contributed by atoms with Crippen LogP contribution in [0.3, 0.4) is 0 Å². The molecular formula is C20H34IN5OS. The molecule has 0 radical (unpaired) electrons. The molecular weight excluding hydrogens is 485 g/mol. The van der Waals surface area contributed by atoms with Gasteiger partial charge >= 0.3 is 0 Å². The Kier molecular flexibility index (Phi) is 9.84. The summed E-state index contributed by atoms with van der Waals surface area (Å²) in [6, 6.07) is 4.65. The lowest BCUT2D eigenvalue weighted by Gasteiger charge is -2.37. The highest BCUT2D eigenvalue weighted by Gasteiger charge is 2.26. The van der Waals surface area contributed by atoms with Gasteiger partial charge in [-0.2, -0.15) is 0 Å². The minimum absolute atomic E-state index is 0. The molecule has 2 saturated heterocycles. The van der Waals surface area contributed by atoms with Gasteiger partial charge in [0.2, 0.25) is 5.91 Å². The van der Waals surface area contributed by atoms with E-state index in [1.165, 1.54) is 5.00 Å². The average molecular weight is 519 g/mol. The molecule has 0 aliphatic carbocycles. The monoisotopic (exact) mass is 519 g/mol. The highest BCUT2D eigenvalue weighted by atomic mass is 127. The van der Waals surface area contributed by atoms with Crippen LogP contribution in [0.15, 0.2) is 22.5 Å². The highest BCUT2D eigenvalue weighted by molar-refractivity contribution is 14.0. The molecule has 8 heteroatoms. The number of aliphatic imine (C=N–C) groups is 1. The smallest absolute Gasteiger partial charge is 0.222 e. The number of amides is 1. The van der Waals surface area contributed by atoms with Gasteiger partial charge in [0, 0.05) is 58.3 Å². The molecule has 1 aromatic rings. The molecule has 3 heterocycles. The quantitative estimate of drug-likeness (QED) is 0.342. The molecule has 0 spiro atoms. The highest BCUT2D eigenvalue weighted by Crippen LogP contribution is 2.22. The van der Waals surface area contributed by atoms with Crippen molar-refractivity contribution in [2.75, 3.05) is 50.7 Å². The van der Waals surface area contributed by atoms with Crippen LogP contribution in [0.4, 0.5) is 5.00 Å². The minimum atomic E-state index is 0. The fourth-order valence-electron chi connectivity index (χ4n) is 3.97. The van der Waals surface area contributed by atoms with Crippen LogP contribution in [0.5, 0.6) is 0 Å². The third kappa shape index (κ3) is 5.98. The number of rotatable bonds is 7. The second kappa shape index (κ2) is 11.8. The molecule has 0 aromatic carbocycles. The first-order valence-corrected chi connectivity index (χ1v) is 11.2. The number of hydrogen-bond acceptors (Lipinski definition) is 4. The average Bonchev–Trinajstić information content (AvgIpc) is 3.37. The van der Waals surface area contributed by atoms with Gasteiger partial charge in [-0.1, -0.05) is 6.92 Å². The van der Waals surface area contributed by atoms with Gasteiger partial charge in [0.1, 0.15) is 0 Å². The zero-order chi connectivity index (χ0) is 19.1. The molecule has 28 heavy (non-hydrogen) atoms. The van der Waals surface area contributed by atoms with Crippen molar-refractivity contribution in [2.24, 2.45) is 4.99 Å². The normalized spacial score (nSPS) is 19.0. The summed E-state index contributed by atoms with van der Waals surface area (Å²) in [5, 5.41) is 6.95. The van der Waals surface area contributed by atoms with Crippen molar-refractivity contribution in [2.45, 2.75) is 45.6 Å². The molecule has 1 N–H and O–H groups in total. The lowest BCUT2D eigenvalue weighted by atomic mass is 10.1. The number of carbonyl (C=O) groups is 1. The Labute approximate surface area is 190 Å². The number of thiophene rings is 1. The van der Waals surface area contributed by atoms with E-state index in [9.17, 15) is 4.79 Å². The predicted octanol–water partition coefficient (Wildman–Crippen LogP) is 3.24. The molecule has 1 atom stereocenters. The van der Waals surface area contributed by atoms with Crippen LogP contribution in [0.1, 0.15) is 39.5 Å². The third-order valence-electron chi connectivity index (χ3n) is 5.48. The van der Waals surface area contributed by atoms with Crippen molar-refractivity contribution in [1.82, 2.24) is 15.1 Å². The second-order valence-corrected chi connectivity index (χ2v) is 8.13. The number of piperazine rings is 1. The molecule has 2 fully saturated rings. The zero-order valence-corrected chi connectivity index (χ0v) is 20.2. The third-order valence-corrected chi connectivity index (χ3v) is 6.41. The van der Waals surface area contributed by atoms with Crippen LogP contribution in [0.25, 0.3) is 0 Å². The molecule has 6 nitrogen and oxygen atoms in total. The van der Waals surface area contributed by atoms with Crippen molar-refractivity contribution in [3.8, 4) is 0 Å². The molecule has 0 saturated carbocycles. The number of carbonyl (C=O) groups excluding carboxylic acids is 1.